The Balaban J connectivity index is 1.17. The fourth-order valence-electron chi connectivity index (χ4n) is 8.54. The van der Waals surface area contributed by atoms with Crippen LogP contribution in [0.5, 0.6) is 0 Å². The molecule has 56 heavy (non-hydrogen) atoms. The van der Waals surface area contributed by atoms with E-state index in [1.807, 2.05) is 0 Å². The monoisotopic (exact) mass is 730 g/mol. The van der Waals surface area contributed by atoms with Gasteiger partial charge in [0, 0.05) is 42.1 Å². The summed E-state index contributed by atoms with van der Waals surface area (Å²) in [5.74, 6) is 1.91. The van der Waals surface area contributed by atoms with Gasteiger partial charge in [0.05, 0.1) is 22.3 Å². The lowest BCUT2D eigenvalue weighted by molar-refractivity contribution is 1.07. The molecule has 0 amide bonds. The van der Waals surface area contributed by atoms with Gasteiger partial charge in [0.1, 0.15) is 0 Å². The number of thiophene rings is 1. The quantitative estimate of drug-likeness (QED) is 0.181. The molecule has 0 unspecified atom stereocenters. The fraction of sp³-hybridized carbons (Fsp3) is 0. The number of aromatic nitrogens is 4. The summed E-state index contributed by atoms with van der Waals surface area (Å²) in [4.78, 5) is 16.1. The fourth-order valence-corrected chi connectivity index (χ4v) is 9.68. The van der Waals surface area contributed by atoms with Crippen molar-refractivity contribution >= 4 is 85.6 Å². The summed E-state index contributed by atoms with van der Waals surface area (Å²) in [7, 11) is 0. The minimum atomic E-state index is 0.633. The summed E-state index contributed by atoms with van der Waals surface area (Å²) in [5.41, 5.74) is 6.16. The first kappa shape index (κ1) is 31.2. The Morgan fingerprint density at radius 2 is 0.911 bits per heavy atom. The van der Waals surface area contributed by atoms with E-state index in [4.69, 9.17) is 15.0 Å². The predicted molar refractivity (Wildman–Crippen MR) is 236 cm³/mol. The molecular formula is C51H30N4S. The Bertz CT molecular complexity index is 3560. The minimum absolute atomic E-state index is 0.633. The lowest BCUT2D eigenvalue weighted by Gasteiger charge is -2.17. The van der Waals surface area contributed by atoms with Gasteiger partial charge < -0.3 is 4.57 Å². The van der Waals surface area contributed by atoms with Crippen molar-refractivity contribution in [3.05, 3.63) is 182 Å². The van der Waals surface area contributed by atoms with Gasteiger partial charge >= 0.3 is 0 Å². The zero-order valence-corrected chi connectivity index (χ0v) is 30.8. The molecule has 9 aromatic carbocycles. The summed E-state index contributed by atoms with van der Waals surface area (Å²) in [6.07, 6.45) is 0. The Morgan fingerprint density at radius 3 is 1.73 bits per heavy atom. The van der Waals surface area contributed by atoms with E-state index in [1.165, 1.54) is 47.1 Å². The summed E-state index contributed by atoms with van der Waals surface area (Å²) in [5, 5.41) is 11.9. The van der Waals surface area contributed by atoms with Gasteiger partial charge in [-0.1, -0.05) is 140 Å². The molecule has 4 nitrogen and oxygen atoms in total. The van der Waals surface area contributed by atoms with Crippen LogP contribution in [0.4, 0.5) is 0 Å². The maximum atomic E-state index is 5.42. The second-order valence-corrected chi connectivity index (χ2v) is 15.5. The van der Waals surface area contributed by atoms with Gasteiger partial charge in [-0.2, -0.15) is 0 Å². The van der Waals surface area contributed by atoms with E-state index >= 15 is 0 Å². The molecule has 0 radical (unpaired) electrons. The molecule has 0 spiro atoms. The highest BCUT2D eigenvalue weighted by atomic mass is 32.1. The van der Waals surface area contributed by atoms with Crippen LogP contribution < -0.4 is 0 Å². The lowest BCUT2D eigenvalue weighted by atomic mass is 10.0. The molecule has 3 aromatic heterocycles. The molecule has 12 rings (SSSR count). The van der Waals surface area contributed by atoms with E-state index in [-0.39, 0.29) is 0 Å². The molecular weight excluding hydrogens is 701 g/mol. The van der Waals surface area contributed by atoms with Gasteiger partial charge in [-0.3, -0.25) is 0 Å². The van der Waals surface area contributed by atoms with Crippen LogP contribution in [0.2, 0.25) is 0 Å². The van der Waals surface area contributed by atoms with Crippen molar-refractivity contribution in [2.24, 2.45) is 0 Å². The zero-order valence-electron chi connectivity index (χ0n) is 30.0. The number of para-hydroxylation sites is 1. The molecule has 0 atom stereocenters. The third-order valence-electron chi connectivity index (χ3n) is 11.2. The lowest BCUT2D eigenvalue weighted by Crippen LogP contribution is -2.04. The van der Waals surface area contributed by atoms with Crippen LogP contribution >= 0.6 is 11.3 Å². The molecule has 3 heterocycles. The molecule has 0 bridgehead atoms. The Kier molecular flexibility index (Phi) is 6.76. The molecule has 0 aliphatic carbocycles. The number of rotatable bonds is 4. The van der Waals surface area contributed by atoms with E-state index in [0.29, 0.717) is 17.5 Å². The smallest absolute Gasteiger partial charge is 0.166 e. The SMILES string of the molecule is c1ccc2cc(-c3nc(-c4ccc5c(c4)sc4ccccc45)nc(-c4c(-n5c6ccccc6c6cc7ccccc7cc65)ccc5ccccc45)n3)ccc2c1. The summed E-state index contributed by atoms with van der Waals surface area (Å²) >= 11 is 1.80. The van der Waals surface area contributed by atoms with Gasteiger partial charge in [0.25, 0.3) is 0 Å². The van der Waals surface area contributed by atoms with Crippen molar-refractivity contribution in [2.45, 2.75) is 0 Å². The largest absolute Gasteiger partial charge is 0.308 e. The van der Waals surface area contributed by atoms with Crippen LogP contribution in [0.15, 0.2) is 182 Å². The highest BCUT2D eigenvalue weighted by molar-refractivity contribution is 7.25. The van der Waals surface area contributed by atoms with E-state index < -0.39 is 0 Å². The Hall–Kier alpha value is -7.21. The normalized spacial score (nSPS) is 11.9. The molecule has 0 N–H and O–H groups in total. The number of hydrogen-bond donors (Lipinski definition) is 0. The van der Waals surface area contributed by atoms with Gasteiger partial charge in [0.15, 0.2) is 17.5 Å². The van der Waals surface area contributed by atoms with Crippen LogP contribution in [0, 0.1) is 0 Å². The minimum Gasteiger partial charge on any atom is -0.308 e. The van der Waals surface area contributed by atoms with Crippen molar-refractivity contribution in [1.82, 2.24) is 19.5 Å². The van der Waals surface area contributed by atoms with Gasteiger partial charge in [0.2, 0.25) is 0 Å². The Morgan fingerprint density at radius 1 is 0.339 bits per heavy atom. The second kappa shape index (κ2) is 12.2. The van der Waals surface area contributed by atoms with Gasteiger partial charge in [-0.15, -0.1) is 11.3 Å². The average molecular weight is 731 g/mol. The van der Waals surface area contributed by atoms with Crippen molar-refractivity contribution < 1.29 is 0 Å². The van der Waals surface area contributed by atoms with E-state index in [9.17, 15) is 0 Å². The van der Waals surface area contributed by atoms with Crippen LogP contribution in [0.3, 0.4) is 0 Å². The van der Waals surface area contributed by atoms with E-state index in [2.05, 4.69) is 187 Å². The summed E-state index contributed by atoms with van der Waals surface area (Å²) in [6, 6.07) is 65.1. The van der Waals surface area contributed by atoms with Crippen molar-refractivity contribution in [1.29, 1.82) is 0 Å². The van der Waals surface area contributed by atoms with Crippen molar-refractivity contribution in [3.8, 4) is 39.9 Å². The summed E-state index contributed by atoms with van der Waals surface area (Å²) < 4.78 is 4.88. The maximum Gasteiger partial charge on any atom is 0.166 e. The highest BCUT2D eigenvalue weighted by Gasteiger charge is 2.22. The first-order valence-corrected chi connectivity index (χ1v) is 19.7. The molecule has 12 aromatic rings. The van der Waals surface area contributed by atoms with E-state index in [1.54, 1.807) is 11.3 Å². The number of benzene rings is 9. The molecule has 0 fully saturated rings. The molecule has 260 valence electrons. The van der Waals surface area contributed by atoms with Crippen LogP contribution in [0.1, 0.15) is 0 Å². The standard InChI is InChI=1S/C51H30N4S/c1-2-13-33-27-36(22-21-31(33)11-1)49-52-50(37-23-25-41-40-18-8-10-20-46(40)56-47(41)30-37)54-51(53-49)48-38-16-6-5-12-32(38)24-26-44(48)55-43-19-9-7-17-39(43)42-28-34-14-3-4-15-35(34)29-45(42)55/h1-30H. The van der Waals surface area contributed by atoms with Gasteiger partial charge in [-0.05, 0) is 74.8 Å². The van der Waals surface area contributed by atoms with Crippen LogP contribution in [-0.4, -0.2) is 19.5 Å². The number of hydrogen-bond acceptors (Lipinski definition) is 4. The van der Waals surface area contributed by atoms with E-state index in [0.717, 1.165) is 49.6 Å². The average Bonchev–Trinajstić information content (AvgIpc) is 3.79. The van der Waals surface area contributed by atoms with Crippen molar-refractivity contribution in [2.75, 3.05) is 0 Å². The maximum absolute atomic E-state index is 5.42. The topological polar surface area (TPSA) is 43.6 Å². The number of fused-ring (bicyclic) bond motifs is 9. The van der Waals surface area contributed by atoms with Crippen LogP contribution in [-0.2, 0) is 0 Å². The first-order chi connectivity index (χ1) is 27.7. The third-order valence-corrected chi connectivity index (χ3v) is 12.3. The second-order valence-electron chi connectivity index (χ2n) is 14.4. The van der Waals surface area contributed by atoms with Crippen molar-refractivity contribution in [3.63, 3.8) is 0 Å². The molecule has 0 aliphatic heterocycles. The molecule has 0 aliphatic rings. The number of nitrogens with zero attached hydrogens (tertiary/aromatic N) is 4. The Labute approximate surface area is 325 Å². The molecule has 0 saturated carbocycles. The van der Waals surface area contributed by atoms with Gasteiger partial charge in [-0.25, -0.2) is 15.0 Å². The summed E-state index contributed by atoms with van der Waals surface area (Å²) in [6.45, 7) is 0. The zero-order chi connectivity index (χ0) is 36.7. The van der Waals surface area contributed by atoms with Crippen LogP contribution in [0.25, 0.3) is 114 Å². The molecule has 0 saturated heterocycles. The highest BCUT2D eigenvalue weighted by Crippen LogP contribution is 2.42. The predicted octanol–water partition coefficient (Wildman–Crippen LogP) is 13.8. The first-order valence-electron chi connectivity index (χ1n) is 18.8. The molecule has 5 heteroatoms. The third kappa shape index (κ3) is 4.81.